The van der Waals surface area contributed by atoms with Crippen LogP contribution in [0.2, 0.25) is 0 Å². The zero-order chi connectivity index (χ0) is 21.4. The Morgan fingerprint density at radius 3 is 1.44 bits per heavy atom. The van der Waals surface area contributed by atoms with Crippen molar-refractivity contribution in [1.29, 1.82) is 0 Å². The molecule has 0 amide bonds. The van der Waals surface area contributed by atoms with Gasteiger partial charge in [0.15, 0.2) is 0 Å². The van der Waals surface area contributed by atoms with Crippen molar-refractivity contribution in [1.82, 2.24) is 0 Å². The number of hydrogen-bond donors (Lipinski definition) is 0. The first kappa shape index (κ1) is 18.8. The molecular weight excluding hydrogens is 520 g/mol. The zero-order valence-corrected chi connectivity index (χ0v) is 20.3. The summed E-state index contributed by atoms with van der Waals surface area (Å²) in [5.74, 6) is 0. The molecule has 1 saturated carbocycles. The van der Waals surface area contributed by atoms with Crippen LogP contribution >= 0.6 is 31.9 Å². The summed E-state index contributed by atoms with van der Waals surface area (Å²) in [6.07, 6.45) is 0. The van der Waals surface area contributed by atoms with Crippen LogP contribution < -0.4 is 0 Å². The van der Waals surface area contributed by atoms with Crippen LogP contribution in [0.4, 0.5) is 0 Å². The van der Waals surface area contributed by atoms with Crippen molar-refractivity contribution in [2.24, 2.45) is 0 Å². The van der Waals surface area contributed by atoms with Crippen LogP contribution in [0.25, 0.3) is 27.8 Å². The van der Waals surface area contributed by atoms with Crippen molar-refractivity contribution >= 4 is 37.4 Å². The highest BCUT2D eigenvalue weighted by Crippen LogP contribution is 2.68. The Balaban J connectivity index is 1.56. The highest BCUT2D eigenvalue weighted by Gasteiger charge is 2.61. The molecule has 1 unspecified atom stereocenters. The van der Waals surface area contributed by atoms with Crippen molar-refractivity contribution < 1.29 is 0 Å². The third kappa shape index (κ3) is 2.08. The summed E-state index contributed by atoms with van der Waals surface area (Å²) in [5, 5.41) is 0. The third-order valence-electron chi connectivity index (χ3n) is 7.40. The van der Waals surface area contributed by atoms with E-state index in [1.807, 2.05) is 0 Å². The van der Waals surface area contributed by atoms with Crippen molar-refractivity contribution in [2.45, 2.75) is 10.2 Å². The van der Waals surface area contributed by atoms with E-state index in [0.29, 0.717) is 0 Å². The van der Waals surface area contributed by atoms with E-state index in [1.54, 1.807) is 0 Å². The normalized spacial score (nSPS) is 20.1. The first-order valence-corrected chi connectivity index (χ1v) is 12.7. The van der Waals surface area contributed by atoms with Crippen LogP contribution in [0.15, 0.2) is 113 Å². The average Bonchev–Trinajstić information content (AvgIpc) is 3.34. The summed E-state index contributed by atoms with van der Waals surface area (Å²) in [6, 6.07) is 35.4. The number of fused-ring (bicyclic) bond motifs is 8. The predicted molar refractivity (Wildman–Crippen MR) is 140 cm³/mol. The Hall–Kier alpha value is -2.68. The van der Waals surface area contributed by atoms with E-state index >= 15 is 0 Å². The molecule has 3 aliphatic carbocycles. The minimum Gasteiger partial charge on any atom is -0.0821 e. The van der Waals surface area contributed by atoms with Gasteiger partial charge in [0.2, 0.25) is 0 Å². The second kappa shape index (κ2) is 6.66. The molecule has 0 radical (unpaired) electrons. The highest BCUT2D eigenvalue weighted by molar-refractivity contribution is 9.11. The van der Waals surface area contributed by atoms with Gasteiger partial charge in [0.05, 0.1) is 10.2 Å². The van der Waals surface area contributed by atoms with Gasteiger partial charge in [-0.05, 0) is 66.2 Å². The van der Waals surface area contributed by atoms with E-state index in [2.05, 4.69) is 134 Å². The molecule has 0 saturated heterocycles. The highest BCUT2D eigenvalue weighted by atomic mass is 79.9. The second-order valence-corrected chi connectivity index (χ2v) is 10.0. The lowest BCUT2D eigenvalue weighted by Crippen LogP contribution is -2.50. The quantitative estimate of drug-likeness (QED) is 0.174. The molecule has 1 spiro atoms. The Morgan fingerprint density at radius 2 is 0.969 bits per heavy atom. The fourth-order valence-electron chi connectivity index (χ4n) is 6.17. The Morgan fingerprint density at radius 1 is 0.562 bits per heavy atom. The molecule has 0 bridgehead atoms. The third-order valence-corrected chi connectivity index (χ3v) is 9.01. The summed E-state index contributed by atoms with van der Waals surface area (Å²) in [5.41, 5.74) is 14.7. The molecule has 32 heavy (non-hydrogen) atoms. The smallest absolute Gasteiger partial charge is 0.0637 e. The van der Waals surface area contributed by atoms with Gasteiger partial charge < -0.3 is 0 Å². The molecule has 4 aromatic rings. The molecule has 0 aromatic heterocycles. The monoisotopic (exact) mass is 536 g/mol. The first-order valence-electron chi connectivity index (χ1n) is 10.9. The van der Waals surface area contributed by atoms with Crippen LogP contribution in [0, 0.1) is 0 Å². The molecule has 0 aliphatic heterocycles. The molecule has 1 fully saturated rings. The number of halogens is 2. The van der Waals surface area contributed by atoms with Gasteiger partial charge in [-0.1, -0.05) is 129 Å². The number of hydrogen-bond acceptors (Lipinski definition) is 0. The van der Waals surface area contributed by atoms with Gasteiger partial charge in [-0.2, -0.15) is 0 Å². The summed E-state index contributed by atoms with van der Waals surface area (Å²) < 4.78 is 0. The van der Waals surface area contributed by atoms with E-state index in [0.717, 1.165) is 0 Å². The van der Waals surface area contributed by atoms with Gasteiger partial charge in [-0.25, -0.2) is 0 Å². The molecule has 3 aliphatic rings. The number of alkyl halides is 1. The SMILES string of the molecule is Br/C=C1\C(=C2c3ccccc3-c3ccccc32)C(Br)C12c1ccccc1-c1ccccc12. The average molecular weight is 538 g/mol. The summed E-state index contributed by atoms with van der Waals surface area (Å²) in [4.78, 5) is 2.34. The fourth-order valence-corrected chi connectivity index (χ4v) is 7.99. The molecule has 4 aromatic carbocycles. The molecule has 0 N–H and O–H groups in total. The predicted octanol–water partition coefficient (Wildman–Crippen LogP) is 8.49. The molecular formula is C30H18Br2. The van der Waals surface area contributed by atoms with Gasteiger partial charge in [-0.3, -0.25) is 0 Å². The van der Waals surface area contributed by atoms with Gasteiger partial charge >= 0.3 is 0 Å². The van der Waals surface area contributed by atoms with Crippen LogP contribution in [0.1, 0.15) is 22.3 Å². The second-order valence-electron chi connectivity index (χ2n) is 8.66. The Kier molecular flexibility index (Phi) is 3.93. The lowest BCUT2D eigenvalue weighted by atomic mass is 9.55. The molecule has 0 nitrogen and oxygen atoms in total. The Bertz CT molecular complexity index is 1410. The number of benzene rings is 4. The van der Waals surface area contributed by atoms with E-state index in [4.69, 9.17) is 0 Å². The van der Waals surface area contributed by atoms with Gasteiger partial charge in [0, 0.05) is 0 Å². The van der Waals surface area contributed by atoms with Crippen LogP contribution in [0.5, 0.6) is 0 Å². The van der Waals surface area contributed by atoms with Gasteiger partial charge in [-0.15, -0.1) is 0 Å². The van der Waals surface area contributed by atoms with Crippen LogP contribution in [-0.2, 0) is 5.41 Å². The van der Waals surface area contributed by atoms with Crippen molar-refractivity contribution in [3.63, 3.8) is 0 Å². The topological polar surface area (TPSA) is 0 Å². The molecule has 2 heteroatoms. The van der Waals surface area contributed by atoms with E-state index in [-0.39, 0.29) is 10.2 Å². The largest absolute Gasteiger partial charge is 0.0821 e. The van der Waals surface area contributed by atoms with E-state index in [1.165, 1.54) is 61.2 Å². The molecule has 1 atom stereocenters. The Labute approximate surface area is 204 Å². The summed E-state index contributed by atoms with van der Waals surface area (Å²) in [7, 11) is 0. The van der Waals surface area contributed by atoms with E-state index < -0.39 is 0 Å². The molecule has 7 rings (SSSR count). The summed E-state index contributed by atoms with van der Waals surface area (Å²) in [6.45, 7) is 0. The number of rotatable bonds is 0. The van der Waals surface area contributed by atoms with Crippen LogP contribution in [0.3, 0.4) is 0 Å². The minimum absolute atomic E-state index is 0.179. The lowest BCUT2D eigenvalue weighted by Gasteiger charge is -2.51. The van der Waals surface area contributed by atoms with Gasteiger partial charge in [0.1, 0.15) is 0 Å². The first-order chi connectivity index (χ1) is 15.8. The minimum atomic E-state index is -0.189. The van der Waals surface area contributed by atoms with E-state index in [9.17, 15) is 0 Å². The zero-order valence-electron chi connectivity index (χ0n) is 17.1. The molecule has 152 valence electrons. The molecule has 0 heterocycles. The van der Waals surface area contributed by atoms with Crippen LogP contribution in [-0.4, -0.2) is 4.83 Å². The maximum Gasteiger partial charge on any atom is 0.0637 e. The maximum atomic E-state index is 4.23. The lowest BCUT2D eigenvalue weighted by molar-refractivity contribution is 0.563. The maximum absolute atomic E-state index is 4.23. The standard InChI is InChI=1S/C30H18Br2/c31-17-26-28(27-22-13-3-1-9-18(22)19-10-2-4-14-23(19)27)29(32)30(26)24-15-7-5-11-20(24)21-12-6-8-16-25(21)30/h1-17,29H/b26-17+. The summed E-state index contributed by atoms with van der Waals surface area (Å²) >= 11 is 8.02. The van der Waals surface area contributed by atoms with Crippen molar-refractivity contribution in [3.8, 4) is 22.3 Å². The van der Waals surface area contributed by atoms with Crippen molar-refractivity contribution in [2.75, 3.05) is 0 Å². The fraction of sp³-hybridized carbons (Fsp3) is 0.0667. The number of allylic oxidation sites excluding steroid dienone is 2. The van der Waals surface area contributed by atoms with Gasteiger partial charge in [0.25, 0.3) is 0 Å². The van der Waals surface area contributed by atoms with Crippen molar-refractivity contribution in [3.05, 3.63) is 135 Å².